The van der Waals surface area contributed by atoms with Crippen molar-refractivity contribution in [3.8, 4) is 0 Å². The Labute approximate surface area is 77.7 Å². The second-order valence-electron chi connectivity index (χ2n) is 3.56. The Morgan fingerprint density at radius 1 is 1.77 bits per heavy atom. The van der Waals surface area contributed by atoms with Crippen molar-refractivity contribution in [3.63, 3.8) is 0 Å². The van der Waals surface area contributed by atoms with Gasteiger partial charge in [0.2, 0.25) is 0 Å². The van der Waals surface area contributed by atoms with Crippen LogP contribution in [0.3, 0.4) is 0 Å². The van der Waals surface area contributed by atoms with E-state index < -0.39 is 0 Å². The zero-order chi connectivity index (χ0) is 9.26. The van der Waals surface area contributed by atoms with E-state index in [-0.39, 0.29) is 0 Å². The molecule has 1 aliphatic heterocycles. The normalized spacial score (nSPS) is 24.0. The van der Waals surface area contributed by atoms with E-state index in [0.717, 1.165) is 24.3 Å². The quantitative estimate of drug-likeness (QED) is 0.736. The van der Waals surface area contributed by atoms with Crippen LogP contribution in [0.15, 0.2) is 10.7 Å². The summed E-state index contributed by atoms with van der Waals surface area (Å²) >= 11 is 0. The Bertz CT molecular complexity index is 284. The summed E-state index contributed by atoms with van der Waals surface area (Å²) in [5.41, 5.74) is 6.63. The van der Waals surface area contributed by atoms with Crippen molar-refractivity contribution in [2.45, 2.75) is 25.4 Å². The number of aromatic nitrogens is 1. The van der Waals surface area contributed by atoms with Gasteiger partial charge in [-0.3, -0.25) is 4.90 Å². The summed E-state index contributed by atoms with van der Waals surface area (Å²) < 4.78 is 5.24. The molecule has 1 saturated heterocycles. The first-order chi connectivity index (χ1) is 6.33. The minimum atomic E-state index is 0.390. The van der Waals surface area contributed by atoms with Crippen molar-refractivity contribution < 1.29 is 4.52 Å². The summed E-state index contributed by atoms with van der Waals surface area (Å²) in [4.78, 5) is 2.29. The summed E-state index contributed by atoms with van der Waals surface area (Å²) in [6, 6.07) is 0.390. The van der Waals surface area contributed by atoms with E-state index in [1.807, 2.05) is 0 Å². The summed E-state index contributed by atoms with van der Waals surface area (Å²) in [5, 5.41) is 3.79. The van der Waals surface area contributed by atoms with Crippen LogP contribution >= 0.6 is 0 Å². The highest BCUT2D eigenvalue weighted by atomic mass is 16.5. The molecule has 1 aliphatic rings. The lowest BCUT2D eigenvalue weighted by Crippen LogP contribution is -2.18. The summed E-state index contributed by atoms with van der Waals surface area (Å²) in [5.74, 6) is 0.961. The standard InChI is InChI=1S/C9H15N3O/c1-12-4-2-3-8(12)9-7(5-10)6-11-13-9/h6,8H,2-5,10H2,1H3. The average Bonchev–Trinajstić information content (AvgIpc) is 2.71. The van der Waals surface area contributed by atoms with Gasteiger partial charge in [0.1, 0.15) is 0 Å². The molecule has 1 fully saturated rings. The van der Waals surface area contributed by atoms with Crippen LogP contribution in [0.2, 0.25) is 0 Å². The molecule has 2 heterocycles. The highest BCUT2D eigenvalue weighted by Gasteiger charge is 2.27. The monoisotopic (exact) mass is 181 g/mol. The van der Waals surface area contributed by atoms with Gasteiger partial charge in [-0.1, -0.05) is 5.16 Å². The van der Waals surface area contributed by atoms with Gasteiger partial charge in [0, 0.05) is 12.1 Å². The number of hydrogen-bond donors (Lipinski definition) is 1. The fourth-order valence-corrected chi connectivity index (χ4v) is 1.94. The van der Waals surface area contributed by atoms with E-state index in [1.54, 1.807) is 6.20 Å². The zero-order valence-electron chi connectivity index (χ0n) is 7.86. The van der Waals surface area contributed by atoms with Crippen molar-refractivity contribution in [1.82, 2.24) is 10.1 Å². The zero-order valence-corrected chi connectivity index (χ0v) is 7.86. The summed E-state index contributed by atoms with van der Waals surface area (Å²) in [6.07, 6.45) is 4.10. The molecule has 0 spiro atoms. The fraction of sp³-hybridized carbons (Fsp3) is 0.667. The number of hydrogen-bond acceptors (Lipinski definition) is 4. The molecule has 0 amide bonds. The molecule has 0 bridgehead atoms. The minimum absolute atomic E-state index is 0.390. The van der Waals surface area contributed by atoms with Gasteiger partial charge in [-0.15, -0.1) is 0 Å². The molecule has 72 valence electrons. The predicted molar refractivity (Wildman–Crippen MR) is 49.0 cm³/mol. The van der Waals surface area contributed by atoms with Crippen LogP contribution in [-0.2, 0) is 6.54 Å². The second-order valence-corrected chi connectivity index (χ2v) is 3.56. The van der Waals surface area contributed by atoms with Crippen LogP contribution in [0.1, 0.15) is 30.2 Å². The molecular weight excluding hydrogens is 166 g/mol. The highest BCUT2D eigenvalue weighted by molar-refractivity contribution is 5.17. The van der Waals surface area contributed by atoms with Gasteiger partial charge >= 0.3 is 0 Å². The van der Waals surface area contributed by atoms with E-state index in [1.165, 1.54) is 6.42 Å². The predicted octanol–water partition coefficient (Wildman–Crippen LogP) is 0.900. The molecule has 0 aliphatic carbocycles. The first kappa shape index (κ1) is 8.72. The lowest BCUT2D eigenvalue weighted by Gasteiger charge is -2.16. The smallest absolute Gasteiger partial charge is 0.158 e. The maximum atomic E-state index is 5.59. The topological polar surface area (TPSA) is 55.3 Å². The maximum absolute atomic E-state index is 5.59. The van der Waals surface area contributed by atoms with Gasteiger partial charge in [0.25, 0.3) is 0 Å². The van der Waals surface area contributed by atoms with E-state index in [2.05, 4.69) is 17.1 Å². The number of nitrogens with two attached hydrogens (primary N) is 1. The first-order valence-electron chi connectivity index (χ1n) is 4.66. The Hall–Kier alpha value is -0.870. The van der Waals surface area contributed by atoms with Crippen molar-refractivity contribution in [2.75, 3.05) is 13.6 Å². The number of likely N-dealkylation sites (tertiary alicyclic amines) is 1. The molecule has 4 nitrogen and oxygen atoms in total. The van der Waals surface area contributed by atoms with Gasteiger partial charge in [0.05, 0.1) is 12.2 Å². The van der Waals surface area contributed by atoms with Gasteiger partial charge in [0.15, 0.2) is 5.76 Å². The molecule has 4 heteroatoms. The molecule has 0 aromatic carbocycles. The first-order valence-corrected chi connectivity index (χ1v) is 4.66. The molecular formula is C9H15N3O. The van der Waals surface area contributed by atoms with Crippen molar-refractivity contribution in [3.05, 3.63) is 17.5 Å². The summed E-state index contributed by atoms with van der Waals surface area (Å²) in [7, 11) is 2.11. The molecule has 0 saturated carbocycles. The van der Waals surface area contributed by atoms with Crippen LogP contribution in [-0.4, -0.2) is 23.6 Å². The third-order valence-electron chi connectivity index (χ3n) is 2.72. The lowest BCUT2D eigenvalue weighted by molar-refractivity contribution is 0.250. The van der Waals surface area contributed by atoms with E-state index in [9.17, 15) is 0 Å². The highest BCUT2D eigenvalue weighted by Crippen LogP contribution is 2.31. The minimum Gasteiger partial charge on any atom is -0.359 e. The molecule has 13 heavy (non-hydrogen) atoms. The fourth-order valence-electron chi connectivity index (χ4n) is 1.94. The van der Waals surface area contributed by atoms with E-state index >= 15 is 0 Å². The number of rotatable bonds is 2. The van der Waals surface area contributed by atoms with Crippen molar-refractivity contribution in [1.29, 1.82) is 0 Å². The molecule has 2 N–H and O–H groups in total. The molecule has 1 aromatic rings. The van der Waals surface area contributed by atoms with Crippen LogP contribution in [0.4, 0.5) is 0 Å². The molecule has 2 rings (SSSR count). The Morgan fingerprint density at radius 2 is 2.62 bits per heavy atom. The van der Waals surface area contributed by atoms with Gasteiger partial charge in [-0.05, 0) is 26.4 Å². The Kier molecular flexibility index (Phi) is 2.33. The molecule has 1 atom stereocenters. The third kappa shape index (κ3) is 1.47. The average molecular weight is 181 g/mol. The third-order valence-corrected chi connectivity index (χ3v) is 2.72. The van der Waals surface area contributed by atoms with Gasteiger partial charge in [-0.2, -0.15) is 0 Å². The molecule has 1 unspecified atom stereocenters. The van der Waals surface area contributed by atoms with Crippen LogP contribution < -0.4 is 5.73 Å². The van der Waals surface area contributed by atoms with Gasteiger partial charge < -0.3 is 10.3 Å². The van der Waals surface area contributed by atoms with Crippen molar-refractivity contribution in [2.24, 2.45) is 5.73 Å². The van der Waals surface area contributed by atoms with Crippen molar-refractivity contribution >= 4 is 0 Å². The van der Waals surface area contributed by atoms with Gasteiger partial charge in [-0.25, -0.2) is 0 Å². The Balaban J connectivity index is 2.23. The van der Waals surface area contributed by atoms with E-state index in [4.69, 9.17) is 10.3 Å². The molecule has 0 radical (unpaired) electrons. The number of nitrogens with zero attached hydrogens (tertiary/aromatic N) is 2. The maximum Gasteiger partial charge on any atom is 0.158 e. The Morgan fingerprint density at radius 3 is 3.23 bits per heavy atom. The summed E-state index contributed by atoms with van der Waals surface area (Å²) in [6.45, 7) is 1.65. The van der Waals surface area contributed by atoms with Crippen LogP contribution in [0, 0.1) is 0 Å². The van der Waals surface area contributed by atoms with Crippen LogP contribution in [0.25, 0.3) is 0 Å². The second kappa shape index (κ2) is 3.47. The molecule has 1 aromatic heterocycles. The van der Waals surface area contributed by atoms with Crippen LogP contribution in [0.5, 0.6) is 0 Å². The SMILES string of the molecule is CN1CCCC1c1oncc1CN. The lowest BCUT2D eigenvalue weighted by atomic mass is 10.1. The largest absolute Gasteiger partial charge is 0.359 e. The van der Waals surface area contributed by atoms with E-state index in [0.29, 0.717) is 12.6 Å².